The van der Waals surface area contributed by atoms with Crippen LogP contribution in [0.3, 0.4) is 0 Å². The molecule has 0 spiro atoms. The Labute approximate surface area is 146 Å². The standard InChI is InChI=1S/C17H21NO5.ClH/c1-12-8-17(20)23-16-9-14(2-3-15(12)16)22-11-13(19)10-18-4-6-21-7-5-18;/h2-3,8-9,13,19H,4-7,10-11H2,1H3;1H/p-1. The number of morpholine rings is 1. The number of hydrogen-bond donors (Lipinski definition) is 1. The number of benzene rings is 1. The number of rotatable bonds is 5. The minimum atomic E-state index is -0.576. The summed E-state index contributed by atoms with van der Waals surface area (Å²) in [5, 5.41) is 11.0. The first-order chi connectivity index (χ1) is 11.1. The monoisotopic (exact) mass is 354 g/mol. The Morgan fingerprint density at radius 3 is 2.79 bits per heavy atom. The molecule has 0 radical (unpaired) electrons. The fourth-order valence-corrected chi connectivity index (χ4v) is 2.72. The first kappa shape index (κ1) is 18.7. The zero-order valence-electron chi connectivity index (χ0n) is 13.5. The Kier molecular flexibility index (Phi) is 6.62. The molecule has 1 aromatic heterocycles. The summed E-state index contributed by atoms with van der Waals surface area (Å²) in [5.41, 5.74) is 0.991. The maximum absolute atomic E-state index is 11.4. The minimum absolute atomic E-state index is 0. The van der Waals surface area contributed by atoms with Crippen molar-refractivity contribution in [3.63, 3.8) is 0 Å². The van der Waals surface area contributed by atoms with Crippen LogP contribution >= 0.6 is 0 Å². The van der Waals surface area contributed by atoms with Crippen molar-refractivity contribution in [2.75, 3.05) is 39.5 Å². The number of aryl methyl sites for hydroxylation is 1. The van der Waals surface area contributed by atoms with E-state index in [1.165, 1.54) is 6.07 Å². The molecule has 1 N–H and O–H groups in total. The van der Waals surface area contributed by atoms with Crippen LogP contribution in [0.1, 0.15) is 5.56 Å². The van der Waals surface area contributed by atoms with Crippen molar-refractivity contribution in [3.05, 3.63) is 40.2 Å². The van der Waals surface area contributed by atoms with Crippen LogP contribution in [0.25, 0.3) is 11.0 Å². The van der Waals surface area contributed by atoms with E-state index in [2.05, 4.69) is 4.90 Å². The second-order valence-corrected chi connectivity index (χ2v) is 5.78. The van der Waals surface area contributed by atoms with Crippen LogP contribution in [0.4, 0.5) is 0 Å². The maximum atomic E-state index is 11.4. The first-order valence-corrected chi connectivity index (χ1v) is 7.77. The molecule has 0 aliphatic carbocycles. The van der Waals surface area contributed by atoms with Crippen molar-refractivity contribution in [1.29, 1.82) is 0 Å². The summed E-state index contributed by atoms with van der Waals surface area (Å²) >= 11 is 0. The van der Waals surface area contributed by atoms with Crippen LogP contribution in [0.15, 0.2) is 33.5 Å². The highest BCUT2D eigenvalue weighted by Crippen LogP contribution is 2.22. The van der Waals surface area contributed by atoms with Gasteiger partial charge in [-0.15, -0.1) is 0 Å². The van der Waals surface area contributed by atoms with Gasteiger partial charge in [0, 0.05) is 37.2 Å². The van der Waals surface area contributed by atoms with Crippen molar-refractivity contribution in [3.8, 4) is 5.75 Å². The van der Waals surface area contributed by atoms with Gasteiger partial charge in [-0.3, -0.25) is 4.90 Å². The Hall–Kier alpha value is -1.60. The summed E-state index contributed by atoms with van der Waals surface area (Å²) in [6, 6.07) is 6.83. The molecule has 1 atom stereocenters. The number of aliphatic hydroxyl groups is 1. The van der Waals surface area contributed by atoms with E-state index in [-0.39, 0.29) is 24.6 Å². The summed E-state index contributed by atoms with van der Waals surface area (Å²) in [6.45, 7) is 5.69. The molecule has 132 valence electrons. The van der Waals surface area contributed by atoms with E-state index in [9.17, 15) is 9.90 Å². The van der Waals surface area contributed by atoms with Crippen molar-refractivity contribution < 1.29 is 31.4 Å². The molecule has 3 rings (SSSR count). The third-order valence-electron chi connectivity index (χ3n) is 3.94. The quantitative estimate of drug-likeness (QED) is 0.637. The Morgan fingerprint density at radius 2 is 2.04 bits per heavy atom. The third-order valence-corrected chi connectivity index (χ3v) is 3.94. The van der Waals surface area contributed by atoms with E-state index in [1.54, 1.807) is 6.07 Å². The molecular weight excluding hydrogens is 334 g/mol. The summed E-state index contributed by atoms with van der Waals surface area (Å²) in [5.74, 6) is 0.576. The van der Waals surface area contributed by atoms with E-state index in [0.29, 0.717) is 31.1 Å². The van der Waals surface area contributed by atoms with Crippen molar-refractivity contribution in [2.45, 2.75) is 13.0 Å². The van der Waals surface area contributed by atoms with Gasteiger partial charge in [-0.25, -0.2) is 4.79 Å². The molecule has 1 aliphatic heterocycles. The summed E-state index contributed by atoms with van der Waals surface area (Å²) in [6.07, 6.45) is -0.576. The molecule has 0 bridgehead atoms. The molecule has 2 aromatic rings. The van der Waals surface area contributed by atoms with Crippen LogP contribution in [0, 0.1) is 6.92 Å². The minimum Gasteiger partial charge on any atom is -1.00 e. The van der Waals surface area contributed by atoms with Gasteiger partial charge in [0.05, 0.1) is 13.2 Å². The topological polar surface area (TPSA) is 72.1 Å². The SMILES string of the molecule is Cc1cc(=O)oc2cc(OCC(O)CN3CCOCC3)ccc12.[Cl-]. The molecule has 1 fully saturated rings. The lowest BCUT2D eigenvalue weighted by Gasteiger charge is -2.28. The van der Waals surface area contributed by atoms with Crippen molar-refractivity contribution >= 4 is 11.0 Å². The van der Waals surface area contributed by atoms with Gasteiger partial charge in [0.25, 0.3) is 0 Å². The Bertz CT molecular complexity index is 726. The van der Waals surface area contributed by atoms with E-state index < -0.39 is 6.10 Å². The summed E-state index contributed by atoms with van der Waals surface area (Å²) in [4.78, 5) is 13.6. The lowest BCUT2D eigenvalue weighted by molar-refractivity contribution is -0.0000342. The van der Waals surface area contributed by atoms with Crippen molar-refractivity contribution in [2.24, 2.45) is 0 Å². The van der Waals surface area contributed by atoms with Gasteiger partial charge in [0.2, 0.25) is 0 Å². The molecule has 0 amide bonds. The highest BCUT2D eigenvalue weighted by atomic mass is 35.5. The van der Waals surface area contributed by atoms with Gasteiger partial charge in [0.15, 0.2) is 0 Å². The maximum Gasteiger partial charge on any atom is 0.336 e. The zero-order valence-corrected chi connectivity index (χ0v) is 14.3. The summed E-state index contributed by atoms with van der Waals surface area (Å²) in [7, 11) is 0. The lowest BCUT2D eigenvalue weighted by atomic mass is 10.1. The van der Waals surface area contributed by atoms with Crippen LogP contribution in [0.5, 0.6) is 5.75 Å². The molecule has 24 heavy (non-hydrogen) atoms. The van der Waals surface area contributed by atoms with Crippen LogP contribution < -0.4 is 22.8 Å². The second-order valence-electron chi connectivity index (χ2n) is 5.78. The fraction of sp³-hybridized carbons (Fsp3) is 0.471. The van der Waals surface area contributed by atoms with Crippen LogP contribution in [-0.4, -0.2) is 55.6 Å². The predicted octanol–water partition coefficient (Wildman–Crippen LogP) is -1.82. The van der Waals surface area contributed by atoms with Crippen LogP contribution in [-0.2, 0) is 4.74 Å². The third kappa shape index (κ3) is 4.70. The van der Waals surface area contributed by atoms with Gasteiger partial charge in [-0.1, -0.05) is 0 Å². The van der Waals surface area contributed by atoms with E-state index >= 15 is 0 Å². The molecule has 7 heteroatoms. The Balaban J connectivity index is 0.00000208. The predicted molar refractivity (Wildman–Crippen MR) is 86.0 cm³/mol. The number of nitrogens with zero attached hydrogens (tertiary/aromatic N) is 1. The van der Waals surface area contributed by atoms with Gasteiger partial charge in [0.1, 0.15) is 24.0 Å². The van der Waals surface area contributed by atoms with Crippen molar-refractivity contribution in [1.82, 2.24) is 4.90 Å². The molecule has 1 unspecified atom stereocenters. The van der Waals surface area contributed by atoms with Gasteiger partial charge < -0.3 is 31.4 Å². The molecule has 1 saturated heterocycles. The number of ether oxygens (including phenoxy) is 2. The number of hydrogen-bond acceptors (Lipinski definition) is 6. The molecule has 1 aliphatic rings. The number of β-amino-alcohol motifs (C(OH)–C–C–N with tert-alkyl or cyclic N) is 1. The lowest BCUT2D eigenvalue weighted by Crippen LogP contribution is -3.00. The van der Waals surface area contributed by atoms with Crippen LogP contribution in [0.2, 0.25) is 0 Å². The fourth-order valence-electron chi connectivity index (χ4n) is 2.72. The number of aliphatic hydroxyl groups excluding tert-OH is 1. The highest BCUT2D eigenvalue weighted by Gasteiger charge is 2.15. The van der Waals surface area contributed by atoms with E-state index in [1.807, 2.05) is 19.1 Å². The number of halogens is 1. The normalized spacial score (nSPS) is 16.6. The average molecular weight is 355 g/mol. The number of fused-ring (bicyclic) bond motifs is 1. The highest BCUT2D eigenvalue weighted by molar-refractivity contribution is 5.81. The first-order valence-electron chi connectivity index (χ1n) is 7.77. The van der Waals surface area contributed by atoms with Gasteiger partial charge >= 0.3 is 5.63 Å². The largest absolute Gasteiger partial charge is 1.00 e. The molecule has 1 aromatic carbocycles. The second kappa shape index (κ2) is 8.48. The van der Waals surface area contributed by atoms with Gasteiger partial charge in [-0.2, -0.15) is 0 Å². The van der Waals surface area contributed by atoms with E-state index in [4.69, 9.17) is 13.9 Å². The summed E-state index contributed by atoms with van der Waals surface area (Å²) < 4.78 is 16.1. The average Bonchev–Trinajstić information content (AvgIpc) is 2.53. The molecule has 6 nitrogen and oxygen atoms in total. The zero-order chi connectivity index (χ0) is 16.2. The molecular formula is C17H21ClNO5-. The molecule has 0 saturated carbocycles. The van der Waals surface area contributed by atoms with Gasteiger partial charge in [-0.05, 0) is 24.6 Å². The molecule has 2 heterocycles. The smallest absolute Gasteiger partial charge is 0.336 e. The van der Waals surface area contributed by atoms with E-state index in [0.717, 1.165) is 24.0 Å². The Morgan fingerprint density at radius 1 is 1.29 bits per heavy atom.